The van der Waals surface area contributed by atoms with Gasteiger partial charge in [-0.25, -0.2) is 4.85 Å². The van der Waals surface area contributed by atoms with Gasteiger partial charge < -0.3 is 5.73 Å². The molecular weight excluding hydrogens is 160 g/mol. The number of anilines is 1. The van der Waals surface area contributed by atoms with E-state index >= 15 is 0 Å². The molecule has 1 aromatic carbocycles. The van der Waals surface area contributed by atoms with E-state index < -0.39 is 0 Å². The Morgan fingerprint density at radius 1 is 1.31 bits per heavy atom. The van der Waals surface area contributed by atoms with E-state index in [4.69, 9.17) is 12.3 Å². The molecule has 0 aliphatic heterocycles. The van der Waals surface area contributed by atoms with Crippen LogP contribution in [0.15, 0.2) is 18.2 Å². The van der Waals surface area contributed by atoms with Crippen molar-refractivity contribution in [1.82, 2.24) is 0 Å². The summed E-state index contributed by atoms with van der Waals surface area (Å²) in [6, 6.07) is 5.64. The van der Waals surface area contributed by atoms with E-state index in [-0.39, 0.29) is 5.41 Å². The topological polar surface area (TPSA) is 30.4 Å². The van der Waals surface area contributed by atoms with Crippen LogP contribution in [0.5, 0.6) is 0 Å². The molecule has 0 fully saturated rings. The Morgan fingerprint density at radius 3 is 2.38 bits per heavy atom. The molecule has 0 aliphatic rings. The predicted molar refractivity (Wildman–Crippen MR) is 55.8 cm³/mol. The zero-order valence-electron chi connectivity index (χ0n) is 8.26. The molecule has 0 radical (unpaired) electrons. The van der Waals surface area contributed by atoms with Gasteiger partial charge in [0.1, 0.15) is 0 Å². The van der Waals surface area contributed by atoms with Gasteiger partial charge in [0.05, 0.1) is 6.57 Å². The molecule has 2 N–H and O–H groups in total. The molecule has 2 heteroatoms. The standard InChI is InChI=1S/C11H14N2/c1-11(2,3)8-5-6-9(12)10(7-8)13-4/h5-7H,12H2,1-3H3. The molecule has 0 aromatic heterocycles. The largest absolute Gasteiger partial charge is 0.407 e. The van der Waals surface area contributed by atoms with Gasteiger partial charge in [0, 0.05) is 5.69 Å². The van der Waals surface area contributed by atoms with E-state index in [1.54, 1.807) is 6.07 Å². The SMILES string of the molecule is [C-]#[N+]c1cc(C(C)(C)C)ccc1N. The lowest BCUT2D eigenvalue weighted by Gasteiger charge is -2.19. The summed E-state index contributed by atoms with van der Waals surface area (Å²) in [6.07, 6.45) is 0. The lowest BCUT2D eigenvalue weighted by atomic mass is 9.87. The fraction of sp³-hybridized carbons (Fsp3) is 0.364. The summed E-state index contributed by atoms with van der Waals surface area (Å²) in [4.78, 5) is 3.37. The Balaban J connectivity index is 3.24. The number of nitrogens with two attached hydrogens (primary N) is 1. The predicted octanol–water partition coefficient (Wildman–Crippen LogP) is 3.12. The average Bonchev–Trinajstić information content (AvgIpc) is 2.03. The maximum absolute atomic E-state index is 6.93. The van der Waals surface area contributed by atoms with Crippen molar-refractivity contribution in [2.24, 2.45) is 0 Å². The number of benzene rings is 1. The molecule has 1 rings (SSSR count). The first kappa shape index (κ1) is 9.60. The number of rotatable bonds is 0. The van der Waals surface area contributed by atoms with Crippen molar-refractivity contribution in [3.63, 3.8) is 0 Å². The molecule has 0 bridgehead atoms. The van der Waals surface area contributed by atoms with E-state index in [2.05, 4.69) is 25.6 Å². The third-order valence-corrected chi connectivity index (χ3v) is 2.02. The summed E-state index contributed by atoms with van der Waals surface area (Å²) in [5, 5.41) is 0. The summed E-state index contributed by atoms with van der Waals surface area (Å²) in [5.74, 6) is 0. The number of nitrogen functional groups attached to an aromatic ring is 1. The van der Waals surface area contributed by atoms with Crippen molar-refractivity contribution >= 4 is 11.4 Å². The molecule has 0 heterocycles. The van der Waals surface area contributed by atoms with Gasteiger partial charge in [0.25, 0.3) is 0 Å². The second-order valence-electron chi connectivity index (χ2n) is 4.14. The van der Waals surface area contributed by atoms with Crippen LogP contribution in [0.2, 0.25) is 0 Å². The molecule has 0 saturated heterocycles. The molecule has 0 atom stereocenters. The second kappa shape index (κ2) is 3.10. The lowest BCUT2D eigenvalue weighted by Crippen LogP contribution is -2.10. The van der Waals surface area contributed by atoms with Crippen LogP contribution in [0, 0.1) is 6.57 Å². The van der Waals surface area contributed by atoms with Crippen LogP contribution in [0.25, 0.3) is 4.85 Å². The van der Waals surface area contributed by atoms with E-state index in [0.29, 0.717) is 11.4 Å². The van der Waals surface area contributed by atoms with Gasteiger partial charge in [0.15, 0.2) is 0 Å². The molecule has 0 amide bonds. The Labute approximate surface area is 79.2 Å². The molecule has 0 aliphatic carbocycles. The van der Waals surface area contributed by atoms with Crippen molar-refractivity contribution in [2.75, 3.05) is 5.73 Å². The van der Waals surface area contributed by atoms with E-state index in [0.717, 1.165) is 5.56 Å². The second-order valence-corrected chi connectivity index (χ2v) is 4.14. The number of hydrogen-bond donors (Lipinski definition) is 1. The highest BCUT2D eigenvalue weighted by Gasteiger charge is 2.14. The Bertz CT molecular complexity index is 353. The normalized spacial score (nSPS) is 10.9. The van der Waals surface area contributed by atoms with Crippen LogP contribution >= 0.6 is 0 Å². The van der Waals surface area contributed by atoms with Crippen molar-refractivity contribution < 1.29 is 0 Å². The van der Waals surface area contributed by atoms with Crippen molar-refractivity contribution in [2.45, 2.75) is 26.2 Å². The van der Waals surface area contributed by atoms with Crippen LogP contribution < -0.4 is 5.73 Å². The maximum atomic E-state index is 6.93. The summed E-state index contributed by atoms with van der Waals surface area (Å²) < 4.78 is 0. The van der Waals surface area contributed by atoms with E-state index in [1.807, 2.05) is 12.1 Å². The summed E-state index contributed by atoms with van der Waals surface area (Å²) in [6.45, 7) is 13.3. The molecule has 0 spiro atoms. The van der Waals surface area contributed by atoms with Gasteiger partial charge in [-0.3, -0.25) is 0 Å². The van der Waals surface area contributed by atoms with Gasteiger partial charge >= 0.3 is 0 Å². The van der Waals surface area contributed by atoms with Crippen LogP contribution in [0.3, 0.4) is 0 Å². The molecule has 1 aromatic rings. The van der Waals surface area contributed by atoms with Crippen molar-refractivity contribution in [3.05, 3.63) is 35.2 Å². The summed E-state index contributed by atoms with van der Waals surface area (Å²) >= 11 is 0. The van der Waals surface area contributed by atoms with Gasteiger partial charge in [-0.2, -0.15) is 0 Å². The fourth-order valence-electron chi connectivity index (χ4n) is 1.11. The third-order valence-electron chi connectivity index (χ3n) is 2.02. The fourth-order valence-corrected chi connectivity index (χ4v) is 1.11. The molecule has 0 saturated carbocycles. The minimum Gasteiger partial charge on any atom is -0.407 e. The van der Waals surface area contributed by atoms with E-state index in [9.17, 15) is 0 Å². The Kier molecular flexibility index (Phi) is 2.29. The molecule has 68 valence electrons. The smallest absolute Gasteiger partial charge is 0.209 e. The highest BCUT2D eigenvalue weighted by atomic mass is 14.7. The Morgan fingerprint density at radius 2 is 1.92 bits per heavy atom. The first-order chi connectivity index (χ1) is 5.95. The van der Waals surface area contributed by atoms with Gasteiger partial charge in [0.2, 0.25) is 5.69 Å². The highest BCUT2D eigenvalue weighted by molar-refractivity contribution is 5.68. The van der Waals surface area contributed by atoms with Gasteiger partial charge in [-0.05, 0) is 11.5 Å². The monoisotopic (exact) mass is 174 g/mol. The van der Waals surface area contributed by atoms with Crippen LogP contribution in [0.1, 0.15) is 26.3 Å². The Hall–Kier alpha value is -1.49. The summed E-state index contributed by atoms with van der Waals surface area (Å²) in [5.41, 5.74) is 7.96. The highest BCUT2D eigenvalue weighted by Crippen LogP contribution is 2.29. The maximum Gasteiger partial charge on any atom is 0.209 e. The zero-order valence-corrected chi connectivity index (χ0v) is 8.26. The van der Waals surface area contributed by atoms with Gasteiger partial charge in [-0.15, -0.1) is 0 Å². The number of nitrogens with zero attached hydrogens (tertiary/aromatic N) is 1. The van der Waals surface area contributed by atoms with Gasteiger partial charge in [-0.1, -0.05) is 38.5 Å². The molecular formula is C11H14N2. The molecule has 0 unspecified atom stereocenters. The zero-order chi connectivity index (χ0) is 10.1. The minimum atomic E-state index is 0.0765. The van der Waals surface area contributed by atoms with Crippen molar-refractivity contribution in [1.29, 1.82) is 0 Å². The van der Waals surface area contributed by atoms with Crippen LogP contribution in [-0.4, -0.2) is 0 Å². The third kappa shape index (κ3) is 2.00. The molecule has 13 heavy (non-hydrogen) atoms. The summed E-state index contributed by atoms with van der Waals surface area (Å²) in [7, 11) is 0. The van der Waals surface area contributed by atoms with Crippen molar-refractivity contribution in [3.8, 4) is 0 Å². The first-order valence-corrected chi connectivity index (χ1v) is 4.22. The quantitative estimate of drug-likeness (QED) is 0.475. The minimum absolute atomic E-state index is 0.0765. The lowest BCUT2D eigenvalue weighted by molar-refractivity contribution is 0.591. The first-order valence-electron chi connectivity index (χ1n) is 4.22. The van der Waals surface area contributed by atoms with Crippen LogP contribution in [-0.2, 0) is 5.41 Å². The molecule has 2 nitrogen and oxygen atoms in total. The van der Waals surface area contributed by atoms with E-state index in [1.165, 1.54) is 0 Å². The number of hydrogen-bond acceptors (Lipinski definition) is 1. The van der Waals surface area contributed by atoms with Crippen LogP contribution in [0.4, 0.5) is 11.4 Å². The average molecular weight is 174 g/mol.